The van der Waals surface area contributed by atoms with E-state index in [0.29, 0.717) is 33.5 Å². The lowest BCUT2D eigenvalue weighted by Crippen LogP contribution is -2.55. The van der Waals surface area contributed by atoms with Crippen LogP contribution in [-0.4, -0.2) is 67.3 Å². The van der Waals surface area contributed by atoms with Crippen LogP contribution in [0.3, 0.4) is 0 Å². The van der Waals surface area contributed by atoms with E-state index in [-0.39, 0.29) is 18.8 Å². The van der Waals surface area contributed by atoms with Crippen molar-refractivity contribution in [2.45, 2.75) is 31.4 Å². The molecule has 234 valence electrons. The average Bonchev–Trinajstić information content (AvgIpc) is 3.15. The normalized spacial score (nSPS) is 15.5. The second kappa shape index (κ2) is 13.3. The first-order chi connectivity index (χ1) is 21.9. The molecule has 0 radical (unpaired) electrons. The molecular weight excluding hydrogens is 653 g/mol. The molecule has 1 aliphatic heterocycles. The first kappa shape index (κ1) is 32.7. The molecule has 5 rings (SSSR count). The summed E-state index contributed by atoms with van der Waals surface area (Å²) < 4.78 is 6.36. The topological polar surface area (TPSA) is 155 Å². The lowest BCUT2D eigenvalue weighted by atomic mass is 10.0. The number of ether oxygens (including phenoxy) is 1. The second-order valence-corrected chi connectivity index (χ2v) is 11.9. The van der Waals surface area contributed by atoms with Crippen LogP contribution >= 0.6 is 15.9 Å². The van der Waals surface area contributed by atoms with Gasteiger partial charge in [0.15, 0.2) is 0 Å². The van der Waals surface area contributed by atoms with Crippen molar-refractivity contribution in [2.75, 3.05) is 23.4 Å². The number of likely N-dealkylation sites (N-methyl/N-ethyl adjacent to an activating group) is 1. The van der Waals surface area contributed by atoms with E-state index >= 15 is 0 Å². The summed E-state index contributed by atoms with van der Waals surface area (Å²) in [5.74, 6) is -3.74. The van der Waals surface area contributed by atoms with Gasteiger partial charge in [-0.25, -0.2) is 0 Å². The molecule has 11 nitrogen and oxygen atoms in total. The van der Waals surface area contributed by atoms with Gasteiger partial charge in [-0.1, -0.05) is 40.2 Å². The maximum Gasteiger partial charge on any atom is 0.266 e. The Morgan fingerprint density at radius 1 is 1.11 bits per heavy atom. The van der Waals surface area contributed by atoms with Crippen LogP contribution in [0.5, 0.6) is 5.75 Å². The van der Waals surface area contributed by atoms with E-state index in [2.05, 4.69) is 26.6 Å². The number of nitrogens with zero attached hydrogens (tertiary/aromatic N) is 3. The van der Waals surface area contributed by atoms with Gasteiger partial charge in [0.1, 0.15) is 11.8 Å². The molecule has 1 unspecified atom stereocenters. The molecule has 2 atom stereocenters. The van der Waals surface area contributed by atoms with Gasteiger partial charge in [0.2, 0.25) is 13.8 Å². The van der Waals surface area contributed by atoms with Gasteiger partial charge in [0.25, 0.3) is 17.7 Å². The Labute approximate surface area is 274 Å². The number of halogens is 1. The number of anilines is 2. The van der Waals surface area contributed by atoms with Gasteiger partial charge in [-0.3, -0.25) is 14.4 Å². The molecule has 4 N–H and O–H groups in total. The number of rotatable bonds is 8. The van der Waals surface area contributed by atoms with Crippen LogP contribution in [0, 0.1) is 11.3 Å². The smallest absolute Gasteiger partial charge is 0.266 e. The highest BCUT2D eigenvalue weighted by atomic mass is 79.9. The van der Waals surface area contributed by atoms with Crippen molar-refractivity contribution in [3.05, 3.63) is 100 Å². The van der Waals surface area contributed by atoms with E-state index in [0.717, 1.165) is 17.7 Å². The number of hydrogen-bond acceptors (Lipinski definition) is 8. The summed E-state index contributed by atoms with van der Waals surface area (Å²) in [5, 5.41) is 36.7. The highest BCUT2D eigenvalue weighted by Gasteiger charge is 2.38. The van der Waals surface area contributed by atoms with Crippen LogP contribution in [-0.2, 0) is 16.1 Å². The molecule has 0 saturated carbocycles. The molecule has 1 heterocycles. The van der Waals surface area contributed by atoms with Gasteiger partial charge in [-0.2, -0.15) is 5.26 Å². The molecule has 0 aliphatic carbocycles. The molecule has 1 aliphatic rings. The Morgan fingerprint density at radius 3 is 2.46 bits per heavy atom. The molecule has 13 heteroatoms. The first-order valence-electron chi connectivity index (χ1n) is 14.4. The summed E-state index contributed by atoms with van der Waals surface area (Å²) in [6.07, 6.45) is 0. The van der Waals surface area contributed by atoms with E-state index in [9.17, 15) is 29.9 Å². The van der Waals surface area contributed by atoms with E-state index in [1.807, 2.05) is 24.3 Å². The molecule has 3 amide bonds. The van der Waals surface area contributed by atoms with Crippen molar-refractivity contribution in [3.63, 3.8) is 0 Å². The number of fused-ring (bicyclic) bond motifs is 2. The molecule has 0 aromatic heterocycles. The van der Waals surface area contributed by atoms with Crippen LogP contribution in [0.2, 0.25) is 0 Å². The Hall–Kier alpha value is -4.74. The van der Waals surface area contributed by atoms with Crippen molar-refractivity contribution in [3.8, 4) is 11.8 Å². The predicted molar refractivity (Wildman–Crippen MR) is 179 cm³/mol. The van der Waals surface area contributed by atoms with E-state index < -0.39 is 35.7 Å². The van der Waals surface area contributed by atoms with Gasteiger partial charge in [0.05, 0.1) is 42.1 Å². The number of nitriles is 1. The maximum atomic E-state index is 14.5. The fourth-order valence-electron chi connectivity index (χ4n) is 5.29. The fourth-order valence-corrected chi connectivity index (χ4v) is 5.67. The van der Waals surface area contributed by atoms with Crippen molar-refractivity contribution in [2.24, 2.45) is 0 Å². The largest absolute Gasteiger partial charge is 0.448 e. The third-order valence-corrected chi connectivity index (χ3v) is 8.20. The van der Waals surface area contributed by atoms with Gasteiger partial charge in [-0.05, 0) is 79.3 Å². The molecule has 4 aromatic carbocycles. The summed E-state index contributed by atoms with van der Waals surface area (Å²) in [6, 6.07) is 22.2. The van der Waals surface area contributed by atoms with Crippen molar-refractivity contribution in [1.29, 1.82) is 5.26 Å². The lowest BCUT2D eigenvalue weighted by Gasteiger charge is -2.28. The number of carbonyl (C=O) groups is 3. The minimum Gasteiger partial charge on any atom is -0.448 e. The zero-order valence-electron chi connectivity index (χ0n) is 25.3. The van der Waals surface area contributed by atoms with Gasteiger partial charge in [0, 0.05) is 15.6 Å². The monoisotopic (exact) mass is 683 g/mol. The summed E-state index contributed by atoms with van der Waals surface area (Å²) in [6.45, 7) is 1.37. The third-order valence-electron chi connectivity index (χ3n) is 7.71. The second-order valence-electron chi connectivity index (χ2n) is 11.0. The van der Waals surface area contributed by atoms with Crippen LogP contribution in [0.25, 0.3) is 10.8 Å². The zero-order chi connectivity index (χ0) is 33.2. The first-order valence-corrected chi connectivity index (χ1v) is 15.2. The Bertz CT molecular complexity index is 1860. The number of amides is 3. The molecule has 46 heavy (non-hydrogen) atoms. The number of para-hydroxylation sites is 2. The van der Waals surface area contributed by atoms with Crippen LogP contribution < -0.4 is 25.2 Å². The predicted octanol–water partition coefficient (Wildman–Crippen LogP) is 2.37. The molecular formula is C33H31BBrN5O6. The van der Waals surface area contributed by atoms with E-state index in [1.165, 1.54) is 9.80 Å². The highest BCUT2D eigenvalue weighted by molar-refractivity contribution is 9.10. The maximum absolute atomic E-state index is 14.5. The minimum atomic E-state index is -2.51. The molecule has 0 saturated heterocycles. The van der Waals surface area contributed by atoms with Gasteiger partial charge < -0.3 is 35.4 Å². The minimum absolute atomic E-state index is 0.104. The number of carbonyl (C=O) groups excluding carboxylic acids is 3. The van der Waals surface area contributed by atoms with Gasteiger partial charge in [-0.15, -0.1) is 0 Å². The Kier molecular flexibility index (Phi) is 9.46. The van der Waals surface area contributed by atoms with Crippen LogP contribution in [0.4, 0.5) is 11.4 Å². The quantitative estimate of drug-likeness (QED) is 0.163. The van der Waals surface area contributed by atoms with E-state index in [4.69, 9.17) is 4.74 Å². The van der Waals surface area contributed by atoms with Gasteiger partial charge >= 0.3 is 0 Å². The summed E-state index contributed by atoms with van der Waals surface area (Å²) in [7, 11) is 2.70. The molecule has 0 spiro atoms. The lowest BCUT2D eigenvalue weighted by molar-refractivity contribution is -0.223. The number of hydrogen-bond donors (Lipinski definition) is 4. The number of aliphatic hydroxyl groups is 2. The number of benzene rings is 4. The van der Waals surface area contributed by atoms with Crippen LogP contribution in [0.1, 0.15) is 28.4 Å². The summed E-state index contributed by atoms with van der Waals surface area (Å²) in [5.41, 5.74) is 1.97. The Morgan fingerprint density at radius 2 is 1.80 bits per heavy atom. The highest BCUT2D eigenvalue weighted by Crippen LogP contribution is 2.38. The Balaban J connectivity index is 1.67. The molecule has 0 fully saturated rings. The van der Waals surface area contributed by atoms with Crippen molar-refractivity contribution in [1.82, 2.24) is 10.6 Å². The number of nitrogens with one attached hydrogen (secondary N) is 2. The molecule has 4 aromatic rings. The standard InChI is InChI=1S/C33H31BBrN5O6/c1-19(37-2)30(41)38-26-18-40(31(42)21-9-7-20(16-36)8-10-21)28-6-4-3-5-27(28)39(32(26)43)17-25-24-13-12-23(35)15-22(24)11-14-29(25)46-33(34,44)45/h3-15,19,26,37,44-45H,17-18,34H2,1-2H3,(H,38,41)/t19-,26?/m0/s1. The molecule has 0 bridgehead atoms. The van der Waals surface area contributed by atoms with Crippen LogP contribution in [0.15, 0.2) is 83.3 Å². The van der Waals surface area contributed by atoms with Crippen molar-refractivity contribution < 1.29 is 29.3 Å². The SMILES string of the molecule is BC(O)(O)Oc1ccc2cc(Br)ccc2c1CN1C(=O)C(NC(=O)[C@H](C)NC)CN(C(=O)c2ccc(C#N)cc2)c2ccccc21. The van der Waals surface area contributed by atoms with Crippen molar-refractivity contribution >= 4 is 63.6 Å². The third kappa shape index (κ3) is 6.90. The average molecular weight is 684 g/mol. The summed E-state index contributed by atoms with van der Waals surface area (Å²) >= 11 is 3.49. The fraction of sp³-hybridized carbons (Fsp3) is 0.212. The zero-order valence-corrected chi connectivity index (χ0v) is 26.9. The summed E-state index contributed by atoms with van der Waals surface area (Å²) in [4.78, 5) is 44.6. The van der Waals surface area contributed by atoms with E-state index in [1.54, 1.807) is 74.6 Å².